The average molecular weight is 350 g/mol. The first-order valence-corrected chi connectivity index (χ1v) is 7.73. The average Bonchev–Trinajstić information content (AvgIpc) is 2.56. The Kier molecular flexibility index (Phi) is 5.93. The number of benzene rings is 2. The summed E-state index contributed by atoms with van der Waals surface area (Å²) in [6, 6.07) is 8.87. The number of carbonyl (C=O) groups excluding carboxylic acids is 1. The summed E-state index contributed by atoms with van der Waals surface area (Å²) >= 11 is 6.08. The molecule has 24 heavy (non-hydrogen) atoms. The van der Waals surface area contributed by atoms with Crippen molar-refractivity contribution >= 4 is 23.2 Å². The Morgan fingerprint density at radius 1 is 1.04 bits per heavy atom. The molecule has 0 bridgehead atoms. The van der Waals surface area contributed by atoms with Crippen LogP contribution in [0.4, 0.5) is 5.69 Å². The third-order valence-electron chi connectivity index (χ3n) is 3.60. The van der Waals surface area contributed by atoms with E-state index in [9.17, 15) is 4.79 Å². The monoisotopic (exact) mass is 349 g/mol. The molecular weight excluding hydrogens is 330 g/mol. The third-order valence-corrected chi connectivity index (χ3v) is 3.89. The van der Waals surface area contributed by atoms with Gasteiger partial charge in [-0.25, -0.2) is 0 Å². The molecule has 0 aromatic heterocycles. The fourth-order valence-corrected chi connectivity index (χ4v) is 2.34. The summed E-state index contributed by atoms with van der Waals surface area (Å²) in [6.45, 7) is 3.90. The van der Waals surface area contributed by atoms with E-state index >= 15 is 0 Å². The fraction of sp³-hybridized carbons (Fsp3) is 0.278. The normalized spacial score (nSPS) is 10.2. The van der Waals surface area contributed by atoms with Gasteiger partial charge in [0, 0.05) is 6.07 Å². The van der Waals surface area contributed by atoms with E-state index in [1.54, 1.807) is 12.1 Å². The second-order valence-corrected chi connectivity index (χ2v) is 5.68. The predicted molar refractivity (Wildman–Crippen MR) is 94.6 cm³/mol. The summed E-state index contributed by atoms with van der Waals surface area (Å²) in [5, 5.41) is 3.10. The molecule has 0 aliphatic rings. The van der Waals surface area contributed by atoms with Gasteiger partial charge in [0.25, 0.3) is 5.91 Å². The molecule has 0 unspecified atom stereocenters. The van der Waals surface area contributed by atoms with Crippen molar-refractivity contribution in [3.8, 4) is 17.2 Å². The lowest BCUT2D eigenvalue weighted by atomic mass is 10.1. The molecule has 1 N–H and O–H groups in total. The van der Waals surface area contributed by atoms with Crippen molar-refractivity contribution in [1.29, 1.82) is 0 Å². The van der Waals surface area contributed by atoms with Gasteiger partial charge < -0.3 is 19.5 Å². The molecule has 6 heteroatoms. The molecule has 0 fully saturated rings. The van der Waals surface area contributed by atoms with Crippen molar-refractivity contribution in [2.24, 2.45) is 0 Å². The third kappa shape index (κ3) is 4.32. The number of hydrogen-bond donors (Lipinski definition) is 1. The Morgan fingerprint density at radius 2 is 1.75 bits per heavy atom. The Bertz CT molecular complexity index is 746. The van der Waals surface area contributed by atoms with Gasteiger partial charge in [-0.2, -0.15) is 0 Å². The van der Waals surface area contributed by atoms with E-state index in [2.05, 4.69) is 5.32 Å². The summed E-state index contributed by atoms with van der Waals surface area (Å²) in [4.78, 5) is 12.1. The van der Waals surface area contributed by atoms with Crippen LogP contribution in [0.3, 0.4) is 0 Å². The quantitative estimate of drug-likeness (QED) is 0.856. The second kappa shape index (κ2) is 7.93. The van der Waals surface area contributed by atoms with Crippen molar-refractivity contribution in [1.82, 2.24) is 0 Å². The molecule has 0 heterocycles. The smallest absolute Gasteiger partial charge is 0.262 e. The SMILES string of the molecule is COc1cc(OC)c(NC(=O)COc2ccc(C)c(C)c2)cc1Cl. The van der Waals surface area contributed by atoms with Gasteiger partial charge in [-0.1, -0.05) is 17.7 Å². The molecule has 0 atom stereocenters. The number of anilines is 1. The number of aryl methyl sites for hydroxylation is 2. The number of hydrogen-bond acceptors (Lipinski definition) is 4. The van der Waals surface area contributed by atoms with Crippen LogP contribution < -0.4 is 19.5 Å². The van der Waals surface area contributed by atoms with Gasteiger partial charge in [0.15, 0.2) is 6.61 Å². The maximum atomic E-state index is 12.1. The van der Waals surface area contributed by atoms with E-state index in [1.165, 1.54) is 19.8 Å². The highest BCUT2D eigenvalue weighted by Crippen LogP contribution is 2.35. The minimum absolute atomic E-state index is 0.116. The molecule has 0 saturated heterocycles. The van der Waals surface area contributed by atoms with Crippen molar-refractivity contribution < 1.29 is 19.0 Å². The van der Waals surface area contributed by atoms with Crippen LogP contribution in [-0.2, 0) is 4.79 Å². The molecule has 2 aromatic carbocycles. The number of nitrogens with one attached hydrogen (secondary N) is 1. The first-order chi connectivity index (χ1) is 11.4. The lowest BCUT2D eigenvalue weighted by Crippen LogP contribution is -2.20. The number of carbonyl (C=O) groups is 1. The standard InChI is InChI=1S/C18H20ClNO4/c1-11-5-6-13(7-12(11)2)24-10-18(21)20-15-8-14(19)16(22-3)9-17(15)23-4/h5-9H,10H2,1-4H3,(H,20,21). The predicted octanol–water partition coefficient (Wildman–Crippen LogP) is 3.99. The van der Waals surface area contributed by atoms with Gasteiger partial charge in [0.05, 0.1) is 24.9 Å². The van der Waals surface area contributed by atoms with Crippen molar-refractivity contribution in [3.63, 3.8) is 0 Å². The van der Waals surface area contributed by atoms with Gasteiger partial charge in [0.2, 0.25) is 0 Å². The van der Waals surface area contributed by atoms with Crippen LogP contribution in [-0.4, -0.2) is 26.7 Å². The zero-order valence-corrected chi connectivity index (χ0v) is 14.9. The molecule has 2 rings (SSSR count). The van der Waals surface area contributed by atoms with Crippen LogP contribution in [0, 0.1) is 13.8 Å². The van der Waals surface area contributed by atoms with E-state index in [-0.39, 0.29) is 12.5 Å². The van der Waals surface area contributed by atoms with E-state index in [0.29, 0.717) is 28.0 Å². The van der Waals surface area contributed by atoms with Gasteiger partial charge in [-0.3, -0.25) is 4.79 Å². The van der Waals surface area contributed by atoms with E-state index in [0.717, 1.165) is 5.56 Å². The van der Waals surface area contributed by atoms with E-state index < -0.39 is 0 Å². The minimum atomic E-state index is -0.312. The molecular formula is C18H20ClNO4. The second-order valence-electron chi connectivity index (χ2n) is 5.27. The first kappa shape index (κ1) is 17.9. The summed E-state index contributed by atoms with van der Waals surface area (Å²) in [6.07, 6.45) is 0. The molecule has 5 nitrogen and oxygen atoms in total. The first-order valence-electron chi connectivity index (χ1n) is 7.36. The Balaban J connectivity index is 2.04. The van der Waals surface area contributed by atoms with Crippen molar-refractivity contribution in [2.45, 2.75) is 13.8 Å². The number of methoxy groups -OCH3 is 2. The van der Waals surface area contributed by atoms with Crippen LogP contribution >= 0.6 is 11.6 Å². The topological polar surface area (TPSA) is 56.8 Å². The molecule has 1 amide bonds. The van der Waals surface area contributed by atoms with Crippen molar-refractivity contribution in [3.05, 3.63) is 46.5 Å². The molecule has 0 aliphatic heterocycles. The lowest BCUT2D eigenvalue weighted by molar-refractivity contribution is -0.118. The number of rotatable bonds is 6. The maximum Gasteiger partial charge on any atom is 0.262 e. The highest BCUT2D eigenvalue weighted by Gasteiger charge is 2.13. The van der Waals surface area contributed by atoms with E-state index in [1.807, 2.05) is 32.0 Å². The molecule has 0 spiro atoms. The van der Waals surface area contributed by atoms with Gasteiger partial charge >= 0.3 is 0 Å². The zero-order chi connectivity index (χ0) is 17.7. The van der Waals surface area contributed by atoms with Crippen LogP contribution in [0.25, 0.3) is 0 Å². The highest BCUT2D eigenvalue weighted by molar-refractivity contribution is 6.32. The summed E-state index contributed by atoms with van der Waals surface area (Å²) < 4.78 is 15.9. The Labute approximate surface area is 146 Å². The van der Waals surface area contributed by atoms with Gasteiger partial charge in [-0.05, 0) is 43.2 Å². The van der Waals surface area contributed by atoms with Crippen LogP contribution in [0.5, 0.6) is 17.2 Å². The highest BCUT2D eigenvalue weighted by atomic mass is 35.5. The molecule has 0 aliphatic carbocycles. The number of halogens is 1. The Hall–Kier alpha value is -2.40. The molecule has 0 saturated carbocycles. The molecule has 0 radical (unpaired) electrons. The zero-order valence-electron chi connectivity index (χ0n) is 14.1. The summed E-state index contributed by atoms with van der Waals surface area (Å²) in [7, 11) is 3.01. The van der Waals surface area contributed by atoms with Crippen LogP contribution in [0.15, 0.2) is 30.3 Å². The van der Waals surface area contributed by atoms with Gasteiger partial charge in [-0.15, -0.1) is 0 Å². The van der Waals surface area contributed by atoms with E-state index in [4.69, 9.17) is 25.8 Å². The van der Waals surface area contributed by atoms with Crippen LogP contribution in [0.2, 0.25) is 5.02 Å². The maximum absolute atomic E-state index is 12.1. The molecule has 128 valence electrons. The van der Waals surface area contributed by atoms with Crippen molar-refractivity contribution in [2.75, 3.05) is 26.1 Å². The molecule has 2 aromatic rings. The number of amides is 1. The summed E-state index contributed by atoms with van der Waals surface area (Å²) in [5.41, 5.74) is 2.73. The lowest BCUT2D eigenvalue weighted by Gasteiger charge is -2.13. The van der Waals surface area contributed by atoms with Crippen LogP contribution in [0.1, 0.15) is 11.1 Å². The Morgan fingerprint density at radius 3 is 2.38 bits per heavy atom. The summed E-state index contributed by atoms with van der Waals surface area (Å²) in [5.74, 6) is 1.26. The van der Waals surface area contributed by atoms with Gasteiger partial charge in [0.1, 0.15) is 17.2 Å². The largest absolute Gasteiger partial charge is 0.495 e. The minimum Gasteiger partial charge on any atom is -0.495 e. The fourth-order valence-electron chi connectivity index (χ4n) is 2.10. The number of ether oxygens (including phenoxy) is 3.